The molecule has 3 aromatic carbocycles. The first-order valence-corrected chi connectivity index (χ1v) is 9.01. The molecule has 27 heavy (non-hydrogen) atoms. The minimum atomic E-state index is 0.767. The maximum absolute atomic E-state index is 5.41. The van der Waals surface area contributed by atoms with Gasteiger partial charge in [0.05, 0.1) is 17.3 Å². The molecule has 0 atom stereocenters. The van der Waals surface area contributed by atoms with Crippen LogP contribution in [0.2, 0.25) is 0 Å². The number of fused-ring (bicyclic) bond motifs is 2. The van der Waals surface area contributed by atoms with Crippen molar-refractivity contribution in [2.24, 2.45) is 0 Å². The van der Waals surface area contributed by atoms with Gasteiger partial charge in [0, 0.05) is 6.54 Å². The highest BCUT2D eigenvalue weighted by Crippen LogP contribution is 2.22. The van der Waals surface area contributed by atoms with Crippen LogP contribution >= 0.6 is 0 Å². The van der Waals surface area contributed by atoms with E-state index in [1.54, 1.807) is 6.26 Å². The van der Waals surface area contributed by atoms with E-state index < -0.39 is 0 Å². The SMILES string of the molecule is C(=C\c1nc2ccccc2n1Cc1ccc2ccccc2c1)/c1ccco1. The fraction of sp³-hybridized carbons (Fsp3) is 0.0417. The molecule has 0 aliphatic heterocycles. The van der Waals surface area contributed by atoms with Gasteiger partial charge in [-0.3, -0.25) is 0 Å². The minimum absolute atomic E-state index is 0.767. The lowest BCUT2D eigenvalue weighted by molar-refractivity contribution is 0.557. The standard InChI is InChI=1S/C24H18N2O/c1-2-7-20-16-18(11-12-19(20)6-1)17-26-23-10-4-3-9-22(23)25-24(26)14-13-21-8-5-15-27-21/h1-16H,17H2/b14-13+. The van der Waals surface area contributed by atoms with E-state index in [1.165, 1.54) is 16.3 Å². The smallest absolute Gasteiger partial charge is 0.134 e. The topological polar surface area (TPSA) is 31.0 Å². The highest BCUT2D eigenvalue weighted by Gasteiger charge is 2.09. The molecule has 0 fully saturated rings. The van der Waals surface area contributed by atoms with E-state index in [2.05, 4.69) is 65.2 Å². The lowest BCUT2D eigenvalue weighted by atomic mass is 10.1. The molecular formula is C24H18N2O. The van der Waals surface area contributed by atoms with E-state index in [0.29, 0.717) is 0 Å². The second-order valence-corrected chi connectivity index (χ2v) is 6.58. The fourth-order valence-electron chi connectivity index (χ4n) is 3.45. The molecule has 0 spiro atoms. The van der Waals surface area contributed by atoms with Gasteiger partial charge in [-0.25, -0.2) is 4.98 Å². The quantitative estimate of drug-likeness (QED) is 0.398. The summed E-state index contributed by atoms with van der Waals surface area (Å²) in [5.41, 5.74) is 3.38. The maximum Gasteiger partial charge on any atom is 0.134 e. The van der Waals surface area contributed by atoms with Gasteiger partial charge in [-0.2, -0.15) is 0 Å². The Balaban J connectivity index is 1.58. The van der Waals surface area contributed by atoms with Crippen molar-refractivity contribution in [3.63, 3.8) is 0 Å². The molecule has 0 saturated heterocycles. The summed E-state index contributed by atoms with van der Waals surface area (Å²) in [5, 5.41) is 2.52. The number of rotatable bonds is 4. The van der Waals surface area contributed by atoms with E-state index in [-0.39, 0.29) is 0 Å². The third kappa shape index (κ3) is 3.04. The van der Waals surface area contributed by atoms with E-state index >= 15 is 0 Å². The minimum Gasteiger partial charge on any atom is -0.465 e. The summed E-state index contributed by atoms with van der Waals surface area (Å²) in [5.74, 6) is 1.74. The van der Waals surface area contributed by atoms with Gasteiger partial charge in [0.15, 0.2) is 0 Å². The number of hydrogen-bond acceptors (Lipinski definition) is 2. The van der Waals surface area contributed by atoms with Gasteiger partial charge in [0.1, 0.15) is 11.6 Å². The number of furan rings is 1. The summed E-state index contributed by atoms with van der Waals surface area (Å²) >= 11 is 0. The van der Waals surface area contributed by atoms with Crippen LogP contribution in [-0.4, -0.2) is 9.55 Å². The van der Waals surface area contributed by atoms with Crippen molar-refractivity contribution in [2.45, 2.75) is 6.54 Å². The van der Waals surface area contributed by atoms with Crippen molar-refractivity contribution in [2.75, 3.05) is 0 Å². The average Bonchev–Trinajstić information content (AvgIpc) is 3.34. The van der Waals surface area contributed by atoms with Gasteiger partial charge in [-0.15, -0.1) is 0 Å². The molecule has 5 aromatic rings. The number of benzene rings is 3. The van der Waals surface area contributed by atoms with E-state index in [1.807, 2.05) is 30.4 Å². The molecule has 130 valence electrons. The molecule has 0 aliphatic rings. The summed E-state index contributed by atoms with van der Waals surface area (Å²) < 4.78 is 7.66. The normalized spacial score (nSPS) is 11.7. The molecule has 2 heterocycles. The Morgan fingerprint density at radius 3 is 2.56 bits per heavy atom. The Bertz CT molecular complexity index is 1250. The van der Waals surface area contributed by atoms with Crippen molar-refractivity contribution in [3.05, 3.63) is 102 Å². The predicted octanol–water partition coefficient (Wildman–Crippen LogP) is 6.00. The number of aromatic nitrogens is 2. The highest BCUT2D eigenvalue weighted by molar-refractivity contribution is 5.83. The first-order valence-electron chi connectivity index (χ1n) is 9.01. The molecule has 0 unspecified atom stereocenters. The molecule has 0 bridgehead atoms. The second kappa shape index (κ2) is 6.61. The number of nitrogens with zero attached hydrogens (tertiary/aromatic N) is 2. The third-order valence-corrected chi connectivity index (χ3v) is 4.78. The lowest BCUT2D eigenvalue weighted by Crippen LogP contribution is -2.02. The zero-order valence-corrected chi connectivity index (χ0v) is 14.7. The van der Waals surface area contributed by atoms with Gasteiger partial charge in [-0.05, 0) is 58.8 Å². The highest BCUT2D eigenvalue weighted by atomic mass is 16.3. The van der Waals surface area contributed by atoms with Crippen LogP contribution in [0.25, 0.3) is 34.0 Å². The Morgan fingerprint density at radius 1 is 0.815 bits per heavy atom. The van der Waals surface area contributed by atoms with Gasteiger partial charge in [0.2, 0.25) is 0 Å². The summed E-state index contributed by atoms with van der Waals surface area (Å²) in [6.45, 7) is 0.767. The van der Waals surface area contributed by atoms with Gasteiger partial charge in [-0.1, -0.05) is 48.5 Å². The Labute approximate surface area is 157 Å². The maximum atomic E-state index is 5.41. The van der Waals surface area contributed by atoms with Crippen LogP contribution in [0.3, 0.4) is 0 Å². The molecule has 0 amide bonds. The van der Waals surface area contributed by atoms with E-state index in [0.717, 1.165) is 29.2 Å². The zero-order valence-electron chi connectivity index (χ0n) is 14.7. The van der Waals surface area contributed by atoms with Crippen LogP contribution < -0.4 is 0 Å². The molecule has 0 saturated carbocycles. The van der Waals surface area contributed by atoms with Crippen molar-refractivity contribution in [1.82, 2.24) is 9.55 Å². The molecule has 3 heteroatoms. The molecular weight excluding hydrogens is 332 g/mol. The van der Waals surface area contributed by atoms with Crippen molar-refractivity contribution >= 4 is 34.0 Å². The molecule has 0 N–H and O–H groups in total. The van der Waals surface area contributed by atoms with Crippen molar-refractivity contribution in [3.8, 4) is 0 Å². The summed E-state index contributed by atoms with van der Waals surface area (Å²) in [6.07, 6.45) is 5.65. The van der Waals surface area contributed by atoms with Crippen LogP contribution in [0, 0.1) is 0 Å². The van der Waals surface area contributed by atoms with Gasteiger partial charge in [0.25, 0.3) is 0 Å². The molecule has 2 aromatic heterocycles. The molecule has 5 rings (SSSR count). The Morgan fingerprint density at radius 2 is 1.67 bits per heavy atom. The largest absolute Gasteiger partial charge is 0.465 e. The first kappa shape index (κ1) is 15.6. The summed E-state index contributed by atoms with van der Waals surface area (Å²) in [7, 11) is 0. The average molecular weight is 350 g/mol. The van der Waals surface area contributed by atoms with E-state index in [4.69, 9.17) is 9.40 Å². The summed E-state index contributed by atoms with van der Waals surface area (Å²) in [4.78, 5) is 4.81. The van der Waals surface area contributed by atoms with Crippen LogP contribution in [0.5, 0.6) is 0 Å². The number of imidazole rings is 1. The summed E-state index contributed by atoms with van der Waals surface area (Å²) in [6, 6.07) is 27.2. The van der Waals surface area contributed by atoms with Crippen LogP contribution in [0.1, 0.15) is 17.1 Å². The van der Waals surface area contributed by atoms with Gasteiger partial charge < -0.3 is 8.98 Å². The number of para-hydroxylation sites is 2. The van der Waals surface area contributed by atoms with Gasteiger partial charge >= 0.3 is 0 Å². The monoisotopic (exact) mass is 350 g/mol. The molecule has 0 aliphatic carbocycles. The van der Waals surface area contributed by atoms with Crippen LogP contribution in [-0.2, 0) is 6.54 Å². The Hall–Kier alpha value is -3.59. The molecule has 0 radical (unpaired) electrons. The van der Waals surface area contributed by atoms with Crippen molar-refractivity contribution in [1.29, 1.82) is 0 Å². The number of hydrogen-bond donors (Lipinski definition) is 0. The third-order valence-electron chi connectivity index (χ3n) is 4.78. The lowest BCUT2D eigenvalue weighted by Gasteiger charge is -2.09. The molecule has 3 nitrogen and oxygen atoms in total. The second-order valence-electron chi connectivity index (χ2n) is 6.58. The van der Waals surface area contributed by atoms with Crippen LogP contribution in [0.4, 0.5) is 0 Å². The van der Waals surface area contributed by atoms with Crippen molar-refractivity contribution < 1.29 is 4.42 Å². The van der Waals surface area contributed by atoms with E-state index in [9.17, 15) is 0 Å². The van der Waals surface area contributed by atoms with Crippen LogP contribution in [0.15, 0.2) is 89.5 Å². The Kier molecular flexibility index (Phi) is 3.83. The predicted molar refractivity (Wildman–Crippen MR) is 110 cm³/mol. The zero-order chi connectivity index (χ0) is 18.1. The fourth-order valence-corrected chi connectivity index (χ4v) is 3.45. The first-order chi connectivity index (χ1) is 13.4.